The molecule has 0 aliphatic heterocycles. The van der Waals surface area contributed by atoms with Gasteiger partial charge in [-0.05, 0) is 32.5 Å². The highest BCUT2D eigenvalue weighted by Crippen LogP contribution is 2.06. The van der Waals surface area contributed by atoms with Crippen molar-refractivity contribution in [1.29, 1.82) is 0 Å². The van der Waals surface area contributed by atoms with E-state index in [1.54, 1.807) is 0 Å². The van der Waals surface area contributed by atoms with Crippen LogP contribution in [0.4, 0.5) is 0 Å². The van der Waals surface area contributed by atoms with Crippen LogP contribution in [0.3, 0.4) is 0 Å². The number of nitrogens with one attached hydrogen (secondary N) is 1. The fraction of sp³-hybridized carbons (Fsp3) is 1.00. The fourth-order valence-electron chi connectivity index (χ4n) is 0.868. The van der Waals surface area contributed by atoms with E-state index in [4.69, 9.17) is 0 Å². The van der Waals surface area contributed by atoms with Crippen LogP contribution in [0, 0.1) is 11.8 Å². The zero-order valence-corrected chi connectivity index (χ0v) is 9.22. The van der Waals surface area contributed by atoms with Crippen LogP contribution in [-0.2, 0) is 0 Å². The minimum Gasteiger partial charge on any atom is -0.315 e. The predicted molar refractivity (Wildman–Crippen MR) is 55.4 cm³/mol. The third-order valence-corrected chi connectivity index (χ3v) is 2.34. The molecule has 0 aromatic carbocycles. The predicted octanol–water partition coefficient (Wildman–Crippen LogP) is 1.43. The summed E-state index contributed by atoms with van der Waals surface area (Å²) in [6.45, 7) is 10.2. The van der Waals surface area contributed by atoms with E-state index in [0.717, 1.165) is 31.5 Å². The van der Waals surface area contributed by atoms with Gasteiger partial charge >= 0.3 is 0 Å². The molecule has 1 atom stereocenters. The Kier molecular flexibility index (Phi) is 6.39. The normalized spacial score (nSPS) is 14.2. The van der Waals surface area contributed by atoms with Gasteiger partial charge in [0, 0.05) is 13.1 Å². The molecule has 1 unspecified atom stereocenters. The average Bonchev–Trinajstić information content (AvgIpc) is 1.97. The lowest BCUT2D eigenvalue weighted by Crippen LogP contribution is -2.30. The van der Waals surface area contributed by atoms with Gasteiger partial charge in [-0.2, -0.15) is 0 Å². The molecule has 0 radical (unpaired) electrons. The minimum atomic E-state index is 0.784. The molecule has 0 bridgehead atoms. The molecule has 12 heavy (non-hydrogen) atoms. The van der Waals surface area contributed by atoms with E-state index >= 15 is 0 Å². The first-order valence-electron chi connectivity index (χ1n) is 4.89. The molecule has 0 aliphatic rings. The molecule has 2 nitrogen and oxygen atoms in total. The van der Waals surface area contributed by atoms with E-state index < -0.39 is 0 Å². The molecule has 0 rings (SSSR count). The van der Waals surface area contributed by atoms with E-state index in [-0.39, 0.29) is 0 Å². The number of hydrogen-bond donors (Lipinski definition) is 1. The smallest absolute Gasteiger partial charge is 0.0101 e. The first kappa shape index (κ1) is 11.9. The Morgan fingerprint density at radius 3 is 2.17 bits per heavy atom. The van der Waals surface area contributed by atoms with E-state index in [9.17, 15) is 0 Å². The molecule has 0 aliphatic carbocycles. The number of nitrogens with zero attached hydrogens (tertiary/aromatic N) is 1. The van der Waals surface area contributed by atoms with Gasteiger partial charge in [-0.15, -0.1) is 0 Å². The van der Waals surface area contributed by atoms with Gasteiger partial charge < -0.3 is 10.2 Å². The topological polar surface area (TPSA) is 15.3 Å². The van der Waals surface area contributed by atoms with Gasteiger partial charge in [0.15, 0.2) is 0 Å². The highest BCUT2D eigenvalue weighted by molar-refractivity contribution is 4.60. The SMILES string of the molecule is CC(C)C(C)CNCCN(C)C. The Bertz CT molecular complexity index is 100. The summed E-state index contributed by atoms with van der Waals surface area (Å²) in [5.41, 5.74) is 0. The van der Waals surface area contributed by atoms with Gasteiger partial charge in [0.2, 0.25) is 0 Å². The van der Waals surface area contributed by atoms with Crippen molar-refractivity contribution in [2.45, 2.75) is 20.8 Å². The lowest BCUT2D eigenvalue weighted by molar-refractivity contribution is 0.361. The van der Waals surface area contributed by atoms with Crippen molar-refractivity contribution in [1.82, 2.24) is 10.2 Å². The van der Waals surface area contributed by atoms with E-state index in [1.807, 2.05) is 0 Å². The Balaban J connectivity index is 3.20. The molecular weight excluding hydrogens is 148 g/mol. The fourth-order valence-corrected chi connectivity index (χ4v) is 0.868. The molecule has 0 saturated heterocycles. The van der Waals surface area contributed by atoms with E-state index in [0.29, 0.717) is 0 Å². The second-order valence-corrected chi connectivity index (χ2v) is 4.23. The highest BCUT2D eigenvalue weighted by Gasteiger charge is 2.05. The lowest BCUT2D eigenvalue weighted by Gasteiger charge is -2.17. The summed E-state index contributed by atoms with van der Waals surface area (Å²) in [5.74, 6) is 1.57. The third-order valence-electron chi connectivity index (χ3n) is 2.34. The van der Waals surface area contributed by atoms with Gasteiger partial charge in [0.1, 0.15) is 0 Å². The Hall–Kier alpha value is -0.0800. The molecule has 0 aromatic heterocycles. The second-order valence-electron chi connectivity index (χ2n) is 4.23. The number of rotatable bonds is 6. The largest absolute Gasteiger partial charge is 0.315 e. The van der Waals surface area contributed by atoms with Gasteiger partial charge in [0.05, 0.1) is 0 Å². The summed E-state index contributed by atoms with van der Waals surface area (Å²) in [6, 6.07) is 0. The third kappa shape index (κ3) is 6.62. The molecule has 2 heteroatoms. The van der Waals surface area contributed by atoms with Crippen molar-refractivity contribution < 1.29 is 0 Å². The van der Waals surface area contributed by atoms with Crippen molar-refractivity contribution in [2.24, 2.45) is 11.8 Å². The molecular formula is C10H24N2. The summed E-state index contributed by atoms with van der Waals surface area (Å²) in [7, 11) is 4.21. The van der Waals surface area contributed by atoms with E-state index in [2.05, 4.69) is 45.1 Å². The molecule has 1 N–H and O–H groups in total. The van der Waals surface area contributed by atoms with Crippen LogP contribution in [0.1, 0.15) is 20.8 Å². The van der Waals surface area contributed by atoms with Crippen molar-refractivity contribution in [3.05, 3.63) is 0 Å². The molecule has 0 fully saturated rings. The molecule has 0 heterocycles. The van der Waals surface area contributed by atoms with Crippen LogP contribution in [0.25, 0.3) is 0 Å². The number of likely N-dealkylation sites (N-methyl/N-ethyl adjacent to an activating group) is 1. The quantitative estimate of drug-likeness (QED) is 0.610. The maximum Gasteiger partial charge on any atom is 0.0101 e. The second kappa shape index (κ2) is 6.44. The monoisotopic (exact) mass is 172 g/mol. The molecule has 0 spiro atoms. The Labute approximate surface area is 77.3 Å². The van der Waals surface area contributed by atoms with Crippen LogP contribution in [0.2, 0.25) is 0 Å². The van der Waals surface area contributed by atoms with Crippen molar-refractivity contribution >= 4 is 0 Å². The standard InChI is InChI=1S/C10H24N2/c1-9(2)10(3)8-11-6-7-12(4)5/h9-11H,6-8H2,1-5H3. The first-order valence-corrected chi connectivity index (χ1v) is 4.89. The highest BCUT2D eigenvalue weighted by atomic mass is 15.1. The first-order chi connectivity index (χ1) is 5.54. The Morgan fingerprint density at radius 2 is 1.75 bits per heavy atom. The van der Waals surface area contributed by atoms with Gasteiger partial charge in [-0.3, -0.25) is 0 Å². The van der Waals surface area contributed by atoms with Gasteiger partial charge in [0.25, 0.3) is 0 Å². The van der Waals surface area contributed by atoms with Gasteiger partial charge in [-0.25, -0.2) is 0 Å². The zero-order valence-electron chi connectivity index (χ0n) is 9.22. The van der Waals surface area contributed by atoms with Crippen LogP contribution >= 0.6 is 0 Å². The Morgan fingerprint density at radius 1 is 1.17 bits per heavy atom. The van der Waals surface area contributed by atoms with Crippen molar-refractivity contribution in [3.8, 4) is 0 Å². The van der Waals surface area contributed by atoms with Crippen LogP contribution in [0.15, 0.2) is 0 Å². The molecule has 0 saturated carbocycles. The maximum atomic E-state index is 3.46. The van der Waals surface area contributed by atoms with Crippen LogP contribution in [-0.4, -0.2) is 38.6 Å². The van der Waals surface area contributed by atoms with Crippen LogP contribution in [0.5, 0.6) is 0 Å². The molecule has 0 aromatic rings. The molecule has 0 amide bonds. The minimum absolute atomic E-state index is 0.784. The summed E-state index contributed by atoms with van der Waals surface area (Å²) < 4.78 is 0. The van der Waals surface area contributed by atoms with Crippen molar-refractivity contribution in [2.75, 3.05) is 33.7 Å². The summed E-state index contributed by atoms with van der Waals surface area (Å²) >= 11 is 0. The summed E-state index contributed by atoms with van der Waals surface area (Å²) in [6.07, 6.45) is 0. The summed E-state index contributed by atoms with van der Waals surface area (Å²) in [5, 5.41) is 3.46. The van der Waals surface area contributed by atoms with E-state index in [1.165, 1.54) is 0 Å². The zero-order chi connectivity index (χ0) is 9.56. The summed E-state index contributed by atoms with van der Waals surface area (Å²) in [4.78, 5) is 2.20. The van der Waals surface area contributed by atoms with Crippen molar-refractivity contribution in [3.63, 3.8) is 0 Å². The molecule has 74 valence electrons. The lowest BCUT2D eigenvalue weighted by atomic mass is 9.98. The number of hydrogen-bond acceptors (Lipinski definition) is 2. The maximum absolute atomic E-state index is 3.46. The van der Waals surface area contributed by atoms with Crippen LogP contribution < -0.4 is 5.32 Å². The van der Waals surface area contributed by atoms with Gasteiger partial charge in [-0.1, -0.05) is 20.8 Å². The average molecular weight is 172 g/mol.